The lowest BCUT2D eigenvalue weighted by atomic mass is 10.2. The fourth-order valence-electron chi connectivity index (χ4n) is 1.24. The van der Waals surface area contributed by atoms with E-state index in [-0.39, 0.29) is 9.50 Å². The van der Waals surface area contributed by atoms with Gasteiger partial charge in [0.25, 0.3) is 9.05 Å². The first-order valence-corrected chi connectivity index (χ1v) is 7.08. The second-order valence-corrected chi connectivity index (χ2v) is 6.19. The molecule has 0 amide bonds. The lowest BCUT2D eigenvalue weighted by Crippen LogP contribution is -1.94. The highest BCUT2D eigenvalue weighted by Gasteiger charge is 2.16. The van der Waals surface area contributed by atoms with Gasteiger partial charge < -0.3 is 0 Å². The molecule has 0 aliphatic carbocycles. The summed E-state index contributed by atoms with van der Waals surface area (Å²) in [6, 6.07) is 8.71. The van der Waals surface area contributed by atoms with Crippen LogP contribution in [0.25, 0.3) is 10.9 Å². The molecular formula is C9H5BrClNO2S. The van der Waals surface area contributed by atoms with Gasteiger partial charge in [-0.25, -0.2) is 13.4 Å². The van der Waals surface area contributed by atoms with E-state index < -0.39 is 9.05 Å². The summed E-state index contributed by atoms with van der Waals surface area (Å²) >= 11 is 3.08. The highest BCUT2D eigenvalue weighted by Crippen LogP contribution is 2.26. The molecule has 0 saturated heterocycles. The van der Waals surface area contributed by atoms with Gasteiger partial charge in [0.15, 0.2) is 0 Å². The number of aromatic nitrogens is 1. The van der Waals surface area contributed by atoms with E-state index in [1.807, 2.05) is 12.1 Å². The lowest BCUT2D eigenvalue weighted by molar-refractivity contribution is 0.609. The van der Waals surface area contributed by atoms with Crippen LogP contribution in [0.3, 0.4) is 0 Å². The quantitative estimate of drug-likeness (QED) is 0.601. The van der Waals surface area contributed by atoms with Crippen LogP contribution in [0.15, 0.2) is 39.8 Å². The molecule has 1 heterocycles. The number of hydrogen-bond acceptors (Lipinski definition) is 3. The summed E-state index contributed by atoms with van der Waals surface area (Å²) in [5, 5.41) is 0.736. The van der Waals surface area contributed by atoms with Crippen LogP contribution in [0.1, 0.15) is 0 Å². The third-order valence-electron chi connectivity index (χ3n) is 1.91. The van der Waals surface area contributed by atoms with Crippen molar-refractivity contribution in [2.24, 2.45) is 0 Å². The van der Waals surface area contributed by atoms with Gasteiger partial charge in [-0.05, 0) is 28.1 Å². The molecule has 3 nitrogen and oxygen atoms in total. The molecular weight excluding hydrogens is 302 g/mol. The highest BCUT2D eigenvalue weighted by molar-refractivity contribution is 9.10. The average Bonchev–Trinajstić information content (AvgIpc) is 2.15. The molecule has 2 aromatic rings. The minimum Gasteiger partial charge on any atom is -0.239 e. The van der Waals surface area contributed by atoms with Crippen molar-refractivity contribution in [3.8, 4) is 0 Å². The van der Waals surface area contributed by atoms with Crippen LogP contribution in [0.5, 0.6) is 0 Å². The maximum Gasteiger partial charge on any atom is 0.264 e. The molecule has 0 unspecified atom stereocenters. The molecule has 1 aromatic carbocycles. The fraction of sp³-hybridized carbons (Fsp3) is 0. The Balaban J connectivity index is 2.84. The third-order valence-corrected chi connectivity index (χ3v) is 4.11. The highest BCUT2D eigenvalue weighted by atomic mass is 79.9. The maximum atomic E-state index is 11.2. The first kappa shape index (κ1) is 10.9. The third kappa shape index (κ3) is 2.14. The monoisotopic (exact) mass is 305 g/mol. The van der Waals surface area contributed by atoms with Crippen LogP contribution in [-0.4, -0.2) is 13.4 Å². The van der Waals surface area contributed by atoms with Crippen LogP contribution in [0.2, 0.25) is 0 Å². The van der Waals surface area contributed by atoms with Gasteiger partial charge in [0.2, 0.25) is 0 Å². The number of fused-ring (bicyclic) bond motifs is 1. The van der Waals surface area contributed by atoms with Crippen LogP contribution < -0.4 is 0 Å². The maximum absolute atomic E-state index is 11.2. The van der Waals surface area contributed by atoms with Gasteiger partial charge in [-0.3, -0.25) is 0 Å². The van der Waals surface area contributed by atoms with E-state index in [0.29, 0.717) is 5.52 Å². The summed E-state index contributed by atoms with van der Waals surface area (Å²) in [5.41, 5.74) is 0.716. The van der Waals surface area contributed by atoms with Gasteiger partial charge in [0, 0.05) is 16.1 Å². The number of pyridine rings is 1. The van der Waals surface area contributed by atoms with Crippen molar-refractivity contribution in [2.75, 3.05) is 0 Å². The Bertz CT molecular complexity index is 627. The minimum atomic E-state index is -3.76. The Hall–Kier alpha value is -0.650. The molecule has 0 saturated carbocycles. The summed E-state index contributed by atoms with van der Waals surface area (Å²) in [4.78, 5) is 4.08. The van der Waals surface area contributed by atoms with Crippen LogP contribution in [0.4, 0.5) is 0 Å². The Morgan fingerprint density at radius 2 is 1.93 bits per heavy atom. The van der Waals surface area contributed by atoms with Gasteiger partial charge in [-0.1, -0.05) is 18.2 Å². The first-order valence-electron chi connectivity index (χ1n) is 3.98. The molecule has 78 valence electrons. The van der Waals surface area contributed by atoms with Gasteiger partial charge in [0.1, 0.15) is 9.50 Å². The Morgan fingerprint density at radius 1 is 1.27 bits per heavy atom. The van der Waals surface area contributed by atoms with E-state index in [9.17, 15) is 8.42 Å². The van der Waals surface area contributed by atoms with E-state index in [1.165, 1.54) is 6.07 Å². The second kappa shape index (κ2) is 3.73. The predicted octanol–water partition coefficient (Wildman–Crippen LogP) is 2.92. The molecule has 0 fully saturated rings. The molecule has 0 aliphatic rings. The molecule has 15 heavy (non-hydrogen) atoms. The minimum absolute atomic E-state index is 0.0112. The predicted molar refractivity (Wildman–Crippen MR) is 62.5 cm³/mol. The van der Waals surface area contributed by atoms with Crippen LogP contribution in [0, 0.1) is 0 Å². The Kier molecular flexibility index (Phi) is 2.70. The Morgan fingerprint density at radius 3 is 2.60 bits per heavy atom. The number of rotatable bonds is 1. The topological polar surface area (TPSA) is 47.0 Å². The van der Waals surface area contributed by atoms with Gasteiger partial charge in [0.05, 0.1) is 5.52 Å². The first-order chi connectivity index (χ1) is 6.98. The van der Waals surface area contributed by atoms with Crippen molar-refractivity contribution in [1.29, 1.82) is 0 Å². The molecule has 0 radical (unpaired) electrons. The zero-order valence-corrected chi connectivity index (χ0v) is 10.5. The van der Waals surface area contributed by atoms with E-state index in [4.69, 9.17) is 10.7 Å². The standard InChI is InChI=1S/C9H5BrClNO2S/c10-9-8(15(11,13)14)5-6-3-1-2-4-7(6)12-9/h1-5H. The smallest absolute Gasteiger partial charge is 0.239 e. The Labute approximate surface area is 99.6 Å². The summed E-state index contributed by atoms with van der Waals surface area (Å²) < 4.78 is 22.6. The largest absolute Gasteiger partial charge is 0.264 e. The van der Waals surface area contributed by atoms with Gasteiger partial charge in [-0.2, -0.15) is 0 Å². The normalized spacial score (nSPS) is 11.9. The molecule has 2 rings (SSSR count). The number of hydrogen-bond donors (Lipinski definition) is 0. The van der Waals surface area contributed by atoms with Crippen molar-refractivity contribution in [1.82, 2.24) is 4.98 Å². The number of halogens is 2. The van der Waals surface area contributed by atoms with Crippen LogP contribution in [-0.2, 0) is 9.05 Å². The summed E-state index contributed by atoms with van der Waals surface area (Å²) in [6.45, 7) is 0. The van der Waals surface area contributed by atoms with E-state index in [0.717, 1.165) is 5.39 Å². The molecule has 6 heteroatoms. The molecule has 0 aliphatic heterocycles. The zero-order valence-electron chi connectivity index (χ0n) is 7.31. The molecule has 1 aromatic heterocycles. The van der Waals surface area contributed by atoms with Crippen molar-refractivity contribution in [3.63, 3.8) is 0 Å². The summed E-state index contributed by atoms with van der Waals surface area (Å²) in [6.07, 6.45) is 0. The van der Waals surface area contributed by atoms with Crippen molar-refractivity contribution >= 4 is 46.6 Å². The molecule has 0 atom stereocenters. The fourth-order valence-corrected chi connectivity index (χ4v) is 3.34. The zero-order chi connectivity index (χ0) is 11.1. The summed E-state index contributed by atoms with van der Waals surface area (Å²) in [5.74, 6) is 0. The molecule has 0 N–H and O–H groups in total. The second-order valence-electron chi connectivity index (χ2n) is 2.91. The number of para-hydroxylation sites is 1. The molecule has 0 bridgehead atoms. The van der Waals surface area contributed by atoms with Crippen molar-refractivity contribution in [2.45, 2.75) is 4.90 Å². The van der Waals surface area contributed by atoms with Crippen molar-refractivity contribution < 1.29 is 8.42 Å². The van der Waals surface area contributed by atoms with E-state index in [1.54, 1.807) is 12.1 Å². The average molecular weight is 307 g/mol. The van der Waals surface area contributed by atoms with Gasteiger partial charge in [-0.15, -0.1) is 0 Å². The van der Waals surface area contributed by atoms with Gasteiger partial charge >= 0.3 is 0 Å². The van der Waals surface area contributed by atoms with E-state index in [2.05, 4.69) is 20.9 Å². The number of nitrogens with zero attached hydrogens (tertiary/aromatic N) is 1. The molecule has 0 spiro atoms. The lowest BCUT2D eigenvalue weighted by Gasteiger charge is -2.02. The summed E-state index contributed by atoms with van der Waals surface area (Å²) in [7, 11) is 1.50. The van der Waals surface area contributed by atoms with E-state index >= 15 is 0 Å². The van der Waals surface area contributed by atoms with Crippen LogP contribution >= 0.6 is 26.6 Å². The SMILES string of the molecule is O=S(=O)(Cl)c1cc2ccccc2nc1Br. The number of benzene rings is 1. The van der Waals surface area contributed by atoms with Crippen molar-refractivity contribution in [3.05, 3.63) is 34.9 Å².